The van der Waals surface area contributed by atoms with Crippen LogP contribution in [0.1, 0.15) is 76.8 Å². The Kier molecular flexibility index (Phi) is 8.06. The molecule has 0 saturated carbocycles. The molecule has 0 saturated heterocycles. The van der Waals surface area contributed by atoms with Gasteiger partial charge in [0.15, 0.2) is 5.69 Å². The maximum atomic E-state index is 12.7. The first kappa shape index (κ1) is 21.6. The average Bonchev–Trinajstić information content (AvgIpc) is 2.91. The van der Waals surface area contributed by atoms with E-state index in [1.54, 1.807) is 12.3 Å². The van der Waals surface area contributed by atoms with Crippen molar-refractivity contribution >= 4 is 23.2 Å². The maximum absolute atomic E-state index is 12.7. The van der Waals surface area contributed by atoms with Crippen molar-refractivity contribution in [1.29, 1.82) is 0 Å². The van der Waals surface area contributed by atoms with Gasteiger partial charge in [-0.2, -0.15) is 0 Å². The monoisotopic (exact) mass is 368 g/mol. The van der Waals surface area contributed by atoms with Crippen LogP contribution >= 0.6 is 11.3 Å². The molecule has 1 aromatic heterocycles. The topological polar surface area (TPSA) is 59.5 Å². The van der Waals surface area contributed by atoms with Gasteiger partial charge in [0.2, 0.25) is 5.91 Å². The van der Waals surface area contributed by atoms with Crippen molar-refractivity contribution in [2.24, 2.45) is 11.3 Å². The third kappa shape index (κ3) is 7.55. The van der Waals surface area contributed by atoms with Crippen LogP contribution in [0.3, 0.4) is 0 Å². The van der Waals surface area contributed by atoms with E-state index in [1.165, 1.54) is 11.3 Å². The lowest BCUT2D eigenvalue weighted by Crippen LogP contribution is -2.37. The Morgan fingerprint density at radius 2 is 1.92 bits per heavy atom. The third-order valence-electron chi connectivity index (χ3n) is 3.77. The summed E-state index contributed by atoms with van der Waals surface area (Å²) >= 11 is 1.39. The van der Waals surface area contributed by atoms with E-state index >= 15 is 0 Å². The summed E-state index contributed by atoms with van der Waals surface area (Å²) < 4.78 is 4.96. The van der Waals surface area contributed by atoms with Crippen LogP contribution in [-0.2, 0) is 16.1 Å². The molecule has 142 valence electrons. The number of hydrogen-bond acceptors (Lipinski definition) is 5. The zero-order valence-corrected chi connectivity index (χ0v) is 17.4. The number of nitrogens with zero attached hydrogens (tertiary/aromatic N) is 2. The molecule has 0 aliphatic carbocycles. The van der Waals surface area contributed by atoms with E-state index in [2.05, 4.69) is 32.7 Å². The smallest absolute Gasteiger partial charge is 0.357 e. The number of amides is 1. The van der Waals surface area contributed by atoms with Crippen LogP contribution in [0.5, 0.6) is 0 Å². The van der Waals surface area contributed by atoms with E-state index in [0.29, 0.717) is 31.2 Å². The minimum atomic E-state index is -0.411. The number of thiazole rings is 1. The molecule has 0 spiro atoms. The van der Waals surface area contributed by atoms with Crippen molar-refractivity contribution in [2.45, 2.75) is 73.9 Å². The highest BCUT2D eigenvalue weighted by molar-refractivity contribution is 7.09. The molecule has 0 fully saturated rings. The molecule has 1 amide bonds. The molecule has 0 aliphatic rings. The quantitative estimate of drug-likeness (QED) is 0.633. The molecule has 1 unspecified atom stereocenters. The summed E-state index contributed by atoms with van der Waals surface area (Å²) in [6.45, 7) is 15.3. The van der Waals surface area contributed by atoms with Gasteiger partial charge in [-0.15, -0.1) is 11.3 Å². The number of carbonyl (C=O) groups excluding carboxylic acids is 2. The van der Waals surface area contributed by atoms with Gasteiger partial charge in [0.05, 0.1) is 13.2 Å². The van der Waals surface area contributed by atoms with Crippen molar-refractivity contribution in [3.05, 3.63) is 16.1 Å². The van der Waals surface area contributed by atoms with Crippen LogP contribution < -0.4 is 0 Å². The molecule has 1 atom stereocenters. The van der Waals surface area contributed by atoms with Crippen LogP contribution in [0.2, 0.25) is 0 Å². The molecule has 1 heterocycles. The van der Waals surface area contributed by atoms with Gasteiger partial charge in [-0.05, 0) is 38.5 Å². The number of aromatic nitrogens is 1. The molecular weight excluding hydrogens is 336 g/mol. The van der Waals surface area contributed by atoms with Crippen molar-refractivity contribution in [3.8, 4) is 0 Å². The van der Waals surface area contributed by atoms with Crippen molar-refractivity contribution in [1.82, 2.24) is 9.88 Å². The molecular formula is C19H32N2O3S. The van der Waals surface area contributed by atoms with Crippen LogP contribution in [-0.4, -0.2) is 34.4 Å². The van der Waals surface area contributed by atoms with Gasteiger partial charge in [-0.25, -0.2) is 9.78 Å². The molecule has 0 bridgehead atoms. The molecule has 1 rings (SSSR count). The van der Waals surface area contributed by atoms with Crippen LogP contribution in [0.15, 0.2) is 5.38 Å². The van der Waals surface area contributed by atoms with Crippen LogP contribution in [0.4, 0.5) is 0 Å². The van der Waals surface area contributed by atoms with Crippen molar-refractivity contribution in [2.75, 3.05) is 6.61 Å². The predicted molar refractivity (Wildman–Crippen MR) is 102 cm³/mol. The fourth-order valence-corrected chi connectivity index (χ4v) is 3.68. The van der Waals surface area contributed by atoms with E-state index in [1.807, 2.05) is 18.7 Å². The highest BCUT2D eigenvalue weighted by atomic mass is 32.1. The van der Waals surface area contributed by atoms with Gasteiger partial charge in [0, 0.05) is 17.8 Å². The van der Waals surface area contributed by atoms with E-state index in [-0.39, 0.29) is 17.4 Å². The van der Waals surface area contributed by atoms with E-state index in [4.69, 9.17) is 4.74 Å². The molecule has 1 aromatic rings. The van der Waals surface area contributed by atoms with E-state index < -0.39 is 5.97 Å². The fourth-order valence-electron chi connectivity index (χ4n) is 2.92. The predicted octanol–water partition coefficient (Wildman–Crippen LogP) is 4.52. The Hall–Kier alpha value is -1.43. The van der Waals surface area contributed by atoms with E-state index in [9.17, 15) is 9.59 Å². The van der Waals surface area contributed by atoms with E-state index in [0.717, 1.165) is 11.4 Å². The summed E-state index contributed by atoms with van der Waals surface area (Å²) in [6, 6.07) is 0.0873. The Labute approximate surface area is 155 Å². The average molecular weight is 369 g/mol. The van der Waals surface area contributed by atoms with Gasteiger partial charge in [-0.1, -0.05) is 27.7 Å². The number of carbonyl (C=O) groups is 2. The van der Waals surface area contributed by atoms with Gasteiger partial charge in [0.25, 0.3) is 0 Å². The lowest BCUT2D eigenvalue weighted by molar-refractivity contribution is -0.134. The molecule has 0 radical (unpaired) electrons. The minimum Gasteiger partial charge on any atom is -0.461 e. The second kappa shape index (κ2) is 9.32. The summed E-state index contributed by atoms with van der Waals surface area (Å²) in [6.07, 6.45) is 1.54. The lowest BCUT2D eigenvalue weighted by Gasteiger charge is -2.29. The first-order valence-corrected chi connectivity index (χ1v) is 9.82. The molecule has 6 heteroatoms. The molecule has 5 nitrogen and oxygen atoms in total. The summed E-state index contributed by atoms with van der Waals surface area (Å²) in [7, 11) is 0. The summed E-state index contributed by atoms with van der Waals surface area (Å²) in [4.78, 5) is 30.6. The Balaban J connectivity index is 2.74. The molecule has 0 N–H and O–H groups in total. The first-order chi connectivity index (χ1) is 11.5. The molecule has 25 heavy (non-hydrogen) atoms. The fraction of sp³-hybridized carbons (Fsp3) is 0.737. The lowest BCUT2D eigenvalue weighted by atomic mass is 9.84. The normalized spacial score (nSPS) is 13.0. The van der Waals surface area contributed by atoms with Gasteiger partial charge < -0.3 is 9.64 Å². The Morgan fingerprint density at radius 3 is 2.44 bits per heavy atom. The van der Waals surface area contributed by atoms with Crippen molar-refractivity contribution < 1.29 is 14.3 Å². The van der Waals surface area contributed by atoms with Crippen molar-refractivity contribution in [3.63, 3.8) is 0 Å². The Morgan fingerprint density at radius 1 is 1.28 bits per heavy atom. The second-order valence-electron chi connectivity index (χ2n) is 8.04. The highest BCUT2D eigenvalue weighted by Crippen LogP contribution is 2.27. The van der Waals surface area contributed by atoms with Gasteiger partial charge in [-0.3, -0.25) is 4.79 Å². The largest absolute Gasteiger partial charge is 0.461 e. The summed E-state index contributed by atoms with van der Waals surface area (Å²) in [5.41, 5.74) is 0.533. The molecule has 0 aromatic carbocycles. The van der Waals surface area contributed by atoms with Gasteiger partial charge in [0.1, 0.15) is 5.01 Å². The molecule has 0 aliphatic heterocycles. The SMILES string of the molecule is CCOC(=O)c1csc(CN(C(=O)CC(C)CC(C)(C)C)C(C)C)n1. The standard InChI is InChI=1S/C19H32N2O3S/c1-8-24-18(23)15-12-25-16(20-15)11-21(13(2)3)17(22)9-14(4)10-19(5,6)7/h12-14H,8-11H2,1-7H3. The number of rotatable bonds is 8. The number of ether oxygens (including phenoxy) is 1. The van der Waals surface area contributed by atoms with Gasteiger partial charge >= 0.3 is 5.97 Å². The van der Waals surface area contributed by atoms with Crippen LogP contribution in [0.25, 0.3) is 0 Å². The minimum absolute atomic E-state index is 0.0873. The summed E-state index contributed by atoms with van der Waals surface area (Å²) in [5, 5.41) is 2.45. The highest BCUT2D eigenvalue weighted by Gasteiger charge is 2.24. The van der Waals surface area contributed by atoms with Crippen LogP contribution in [0, 0.1) is 11.3 Å². The number of hydrogen-bond donors (Lipinski definition) is 0. The zero-order chi connectivity index (χ0) is 19.2. The third-order valence-corrected chi connectivity index (χ3v) is 4.60. The number of esters is 1. The summed E-state index contributed by atoms with van der Waals surface area (Å²) in [5.74, 6) is 0.0611. The Bertz CT molecular complexity index is 575. The first-order valence-electron chi connectivity index (χ1n) is 8.94. The second-order valence-corrected chi connectivity index (χ2v) is 8.98. The zero-order valence-electron chi connectivity index (χ0n) is 16.6. The maximum Gasteiger partial charge on any atom is 0.357 e.